The Morgan fingerprint density at radius 2 is 2.03 bits per heavy atom. The first-order valence-electron chi connectivity index (χ1n) is 12.0. The number of nitrogens with one attached hydrogen (secondary N) is 1. The molecule has 0 bridgehead atoms. The van der Waals surface area contributed by atoms with Gasteiger partial charge in [0.15, 0.2) is 5.96 Å². The number of rotatable bonds is 11. The lowest BCUT2D eigenvalue weighted by Crippen LogP contribution is -2.48. The predicted octanol–water partition coefficient (Wildman–Crippen LogP) is 2.90. The molecule has 30 heavy (non-hydrogen) atoms. The fraction of sp³-hybridized carbons (Fsp3) is 0.913. The second kappa shape index (κ2) is 13.9. The van der Waals surface area contributed by atoms with E-state index in [1.807, 2.05) is 0 Å². The molecule has 0 spiro atoms. The van der Waals surface area contributed by atoms with Crippen molar-refractivity contribution in [1.29, 1.82) is 0 Å². The molecule has 0 aromatic rings. The minimum Gasteiger partial charge on any atom is -0.376 e. The Bertz CT molecular complexity index is 513. The Morgan fingerprint density at radius 3 is 2.63 bits per heavy atom. The summed E-state index contributed by atoms with van der Waals surface area (Å²) < 4.78 is 11.8. The molecule has 0 aromatic carbocycles. The number of likely N-dealkylation sites (N-methyl/N-ethyl adjacent to an activating group) is 1. The van der Waals surface area contributed by atoms with E-state index in [0.29, 0.717) is 12.0 Å². The molecule has 1 N–H and O–H groups in total. The average molecular weight is 425 g/mol. The van der Waals surface area contributed by atoms with Crippen LogP contribution in [0.15, 0.2) is 4.99 Å². The van der Waals surface area contributed by atoms with Crippen molar-refractivity contribution in [2.24, 2.45) is 10.9 Å². The van der Waals surface area contributed by atoms with Gasteiger partial charge in [0.1, 0.15) is 6.54 Å². The molecular weight excluding hydrogens is 380 g/mol. The van der Waals surface area contributed by atoms with E-state index in [4.69, 9.17) is 9.47 Å². The van der Waals surface area contributed by atoms with Gasteiger partial charge in [0.05, 0.1) is 18.8 Å². The van der Waals surface area contributed by atoms with Gasteiger partial charge in [0, 0.05) is 40.3 Å². The molecule has 2 aliphatic rings. The number of amides is 1. The number of carbonyl (C=O) groups is 1. The number of ether oxygens (including phenoxy) is 2. The van der Waals surface area contributed by atoms with Crippen LogP contribution in [0, 0.1) is 5.92 Å². The molecule has 7 heteroatoms. The Hall–Kier alpha value is -1.34. The summed E-state index contributed by atoms with van der Waals surface area (Å²) in [7, 11) is 3.55. The van der Waals surface area contributed by atoms with Gasteiger partial charge in [-0.05, 0) is 38.0 Å². The van der Waals surface area contributed by atoms with Crippen LogP contribution in [0.5, 0.6) is 0 Å². The monoisotopic (exact) mass is 424 g/mol. The van der Waals surface area contributed by atoms with Gasteiger partial charge in [-0.2, -0.15) is 0 Å². The summed E-state index contributed by atoms with van der Waals surface area (Å²) >= 11 is 0. The maximum Gasteiger partial charge on any atom is 0.243 e. The van der Waals surface area contributed by atoms with Crippen molar-refractivity contribution in [3.05, 3.63) is 0 Å². The van der Waals surface area contributed by atoms with Crippen LogP contribution in [-0.2, 0) is 14.3 Å². The summed E-state index contributed by atoms with van der Waals surface area (Å²) in [5, 5.41) is 3.58. The summed E-state index contributed by atoms with van der Waals surface area (Å²) in [6.45, 7) is 9.01. The number of aliphatic imine (C=N–C) groups is 1. The van der Waals surface area contributed by atoms with Gasteiger partial charge in [-0.25, -0.2) is 4.99 Å². The van der Waals surface area contributed by atoms with Gasteiger partial charge in [-0.15, -0.1) is 0 Å². The molecular formula is C23H44N4O3. The molecule has 0 radical (unpaired) electrons. The first-order valence-corrected chi connectivity index (χ1v) is 12.0. The third kappa shape index (κ3) is 8.80. The number of hydrogen-bond acceptors (Lipinski definition) is 4. The van der Waals surface area contributed by atoms with Crippen molar-refractivity contribution < 1.29 is 14.3 Å². The smallest absolute Gasteiger partial charge is 0.243 e. The van der Waals surface area contributed by atoms with Crippen molar-refractivity contribution in [3.8, 4) is 0 Å². The Morgan fingerprint density at radius 1 is 1.27 bits per heavy atom. The SMILES string of the molecule is CCCCC(CC)CNC(=NCC(=O)N(C)C)N1CCC(OCC2CCCO2)CC1. The lowest BCUT2D eigenvalue weighted by molar-refractivity contribution is -0.127. The van der Waals surface area contributed by atoms with Crippen molar-refractivity contribution >= 4 is 11.9 Å². The van der Waals surface area contributed by atoms with Gasteiger partial charge in [0.2, 0.25) is 5.91 Å². The molecule has 2 rings (SSSR count). The van der Waals surface area contributed by atoms with E-state index in [0.717, 1.165) is 70.9 Å². The van der Waals surface area contributed by atoms with Crippen molar-refractivity contribution in [3.63, 3.8) is 0 Å². The fourth-order valence-electron chi connectivity index (χ4n) is 3.98. The van der Waals surface area contributed by atoms with Gasteiger partial charge in [0.25, 0.3) is 0 Å². The molecule has 0 saturated carbocycles. The second-order valence-electron chi connectivity index (χ2n) is 8.88. The number of hydrogen-bond donors (Lipinski definition) is 1. The molecule has 7 nitrogen and oxygen atoms in total. The summed E-state index contributed by atoms with van der Waals surface area (Å²) in [6.07, 6.45) is 9.73. The largest absolute Gasteiger partial charge is 0.376 e. The molecule has 2 unspecified atom stereocenters. The highest BCUT2D eigenvalue weighted by molar-refractivity contribution is 5.84. The van der Waals surface area contributed by atoms with Crippen LogP contribution in [0.2, 0.25) is 0 Å². The van der Waals surface area contributed by atoms with Gasteiger partial charge < -0.3 is 24.6 Å². The number of nitrogens with zero attached hydrogens (tertiary/aromatic N) is 3. The quantitative estimate of drug-likeness (QED) is 0.408. The molecule has 2 fully saturated rings. The molecule has 2 aliphatic heterocycles. The standard InChI is InChI=1S/C23H44N4O3/c1-5-7-9-19(6-2)16-24-23(25-17-22(28)26(3)4)27-13-11-20(12-14-27)30-18-21-10-8-15-29-21/h19-21H,5-18H2,1-4H3,(H,24,25). The Kier molecular flexibility index (Phi) is 11.5. The van der Waals surface area contributed by atoms with Crippen molar-refractivity contribution in [2.75, 3.05) is 53.5 Å². The average Bonchev–Trinajstić information content (AvgIpc) is 3.28. The molecule has 2 saturated heterocycles. The highest BCUT2D eigenvalue weighted by Gasteiger charge is 2.25. The molecule has 1 amide bonds. The normalized spacial score (nSPS) is 21.7. The summed E-state index contributed by atoms with van der Waals surface area (Å²) in [5.74, 6) is 1.55. The lowest BCUT2D eigenvalue weighted by Gasteiger charge is -2.35. The van der Waals surface area contributed by atoms with E-state index < -0.39 is 0 Å². The van der Waals surface area contributed by atoms with E-state index in [-0.39, 0.29) is 18.6 Å². The number of guanidine groups is 1. The van der Waals surface area contributed by atoms with Crippen molar-refractivity contribution in [2.45, 2.75) is 77.4 Å². The first-order chi connectivity index (χ1) is 14.5. The zero-order valence-electron chi connectivity index (χ0n) is 19.7. The Balaban J connectivity index is 1.86. The van der Waals surface area contributed by atoms with E-state index >= 15 is 0 Å². The number of likely N-dealkylation sites (tertiary alicyclic amines) is 1. The summed E-state index contributed by atoms with van der Waals surface area (Å²) in [5.41, 5.74) is 0. The van der Waals surface area contributed by atoms with Gasteiger partial charge in [-0.3, -0.25) is 4.79 Å². The molecule has 0 aliphatic carbocycles. The van der Waals surface area contributed by atoms with Crippen molar-refractivity contribution in [1.82, 2.24) is 15.1 Å². The van der Waals surface area contributed by atoms with Crippen LogP contribution in [0.1, 0.15) is 65.2 Å². The highest BCUT2D eigenvalue weighted by Crippen LogP contribution is 2.18. The molecule has 2 atom stereocenters. The molecule has 2 heterocycles. The van der Waals surface area contributed by atoms with Crippen LogP contribution >= 0.6 is 0 Å². The predicted molar refractivity (Wildman–Crippen MR) is 122 cm³/mol. The van der Waals surface area contributed by atoms with Crippen LogP contribution in [-0.4, -0.2) is 87.4 Å². The van der Waals surface area contributed by atoms with E-state index in [1.165, 1.54) is 19.3 Å². The summed E-state index contributed by atoms with van der Waals surface area (Å²) in [6, 6.07) is 0. The maximum atomic E-state index is 12.1. The van der Waals surface area contributed by atoms with E-state index in [9.17, 15) is 4.79 Å². The van der Waals surface area contributed by atoms with Crippen LogP contribution < -0.4 is 5.32 Å². The van der Waals surface area contributed by atoms with Crippen LogP contribution in [0.3, 0.4) is 0 Å². The lowest BCUT2D eigenvalue weighted by atomic mass is 9.99. The van der Waals surface area contributed by atoms with E-state index in [1.54, 1.807) is 19.0 Å². The Labute approximate surface area is 183 Å². The molecule has 174 valence electrons. The fourth-order valence-corrected chi connectivity index (χ4v) is 3.98. The summed E-state index contributed by atoms with van der Waals surface area (Å²) in [4.78, 5) is 20.6. The maximum absolute atomic E-state index is 12.1. The van der Waals surface area contributed by atoms with E-state index in [2.05, 4.69) is 29.1 Å². The highest BCUT2D eigenvalue weighted by atomic mass is 16.5. The second-order valence-corrected chi connectivity index (χ2v) is 8.88. The third-order valence-electron chi connectivity index (χ3n) is 6.24. The first kappa shape index (κ1) is 24.9. The topological polar surface area (TPSA) is 66.4 Å². The third-order valence-corrected chi connectivity index (χ3v) is 6.24. The number of piperidine rings is 1. The minimum atomic E-state index is 0.0297. The van der Waals surface area contributed by atoms with Gasteiger partial charge >= 0.3 is 0 Å². The zero-order valence-corrected chi connectivity index (χ0v) is 19.7. The van der Waals surface area contributed by atoms with Gasteiger partial charge in [-0.1, -0.05) is 33.1 Å². The molecule has 0 aromatic heterocycles. The minimum absolute atomic E-state index is 0.0297. The zero-order chi connectivity index (χ0) is 21.8. The number of carbonyl (C=O) groups excluding carboxylic acids is 1. The van der Waals surface area contributed by atoms with Crippen LogP contribution in [0.4, 0.5) is 0 Å². The van der Waals surface area contributed by atoms with Crippen LogP contribution in [0.25, 0.3) is 0 Å². The number of unbranched alkanes of at least 4 members (excludes halogenated alkanes) is 1.